The standard InChI is InChI=1S/C13H19N5S/c14-10-5-3-1-2-4-9(10)12-17-18-11(8-6-7-8)15-16-13(18)19-12/h8-10H,1-7,14H2. The van der Waals surface area contributed by atoms with Crippen molar-refractivity contribution in [1.29, 1.82) is 0 Å². The molecule has 2 aromatic rings. The zero-order chi connectivity index (χ0) is 12.8. The maximum absolute atomic E-state index is 6.33. The van der Waals surface area contributed by atoms with E-state index < -0.39 is 0 Å². The van der Waals surface area contributed by atoms with Gasteiger partial charge in [0, 0.05) is 17.9 Å². The predicted octanol–water partition coefficient (Wildman–Crippen LogP) is 2.44. The van der Waals surface area contributed by atoms with Crippen molar-refractivity contribution in [1.82, 2.24) is 19.8 Å². The van der Waals surface area contributed by atoms with Crippen LogP contribution in [0.5, 0.6) is 0 Å². The summed E-state index contributed by atoms with van der Waals surface area (Å²) in [5.74, 6) is 2.06. The average molecular weight is 277 g/mol. The van der Waals surface area contributed by atoms with Crippen LogP contribution < -0.4 is 5.73 Å². The molecule has 0 saturated heterocycles. The number of hydrogen-bond donors (Lipinski definition) is 1. The molecule has 4 rings (SSSR count). The highest BCUT2D eigenvalue weighted by atomic mass is 32.1. The van der Waals surface area contributed by atoms with Gasteiger partial charge < -0.3 is 5.73 Å². The third-order valence-corrected chi connectivity index (χ3v) is 5.39. The maximum Gasteiger partial charge on any atom is 0.234 e. The molecule has 19 heavy (non-hydrogen) atoms. The van der Waals surface area contributed by atoms with Gasteiger partial charge in [0.05, 0.1) is 0 Å². The lowest BCUT2D eigenvalue weighted by Gasteiger charge is -2.17. The first-order valence-electron chi connectivity index (χ1n) is 7.30. The minimum atomic E-state index is 0.260. The van der Waals surface area contributed by atoms with Gasteiger partial charge in [-0.25, -0.2) is 0 Å². The molecule has 2 heterocycles. The van der Waals surface area contributed by atoms with Gasteiger partial charge in [0.15, 0.2) is 5.82 Å². The van der Waals surface area contributed by atoms with Crippen molar-refractivity contribution in [2.45, 2.75) is 62.8 Å². The molecule has 0 amide bonds. The fraction of sp³-hybridized carbons (Fsp3) is 0.769. The summed E-state index contributed by atoms with van der Waals surface area (Å²) in [5.41, 5.74) is 6.33. The fourth-order valence-electron chi connectivity index (χ4n) is 3.04. The lowest BCUT2D eigenvalue weighted by molar-refractivity contribution is 0.498. The van der Waals surface area contributed by atoms with Crippen LogP contribution >= 0.6 is 11.3 Å². The molecule has 2 aliphatic carbocycles. The molecule has 0 spiro atoms. The van der Waals surface area contributed by atoms with E-state index in [0.717, 1.165) is 17.2 Å². The minimum Gasteiger partial charge on any atom is -0.327 e. The van der Waals surface area contributed by atoms with Gasteiger partial charge in [-0.05, 0) is 25.7 Å². The van der Waals surface area contributed by atoms with Crippen molar-refractivity contribution in [2.24, 2.45) is 5.73 Å². The molecule has 2 unspecified atom stereocenters. The summed E-state index contributed by atoms with van der Waals surface area (Å²) in [7, 11) is 0. The van der Waals surface area contributed by atoms with E-state index in [2.05, 4.69) is 10.2 Å². The second-order valence-electron chi connectivity index (χ2n) is 5.88. The Morgan fingerprint density at radius 3 is 2.74 bits per heavy atom. The van der Waals surface area contributed by atoms with Crippen LogP contribution in [0.1, 0.15) is 67.6 Å². The van der Waals surface area contributed by atoms with Crippen LogP contribution in [0.2, 0.25) is 0 Å². The molecule has 5 nitrogen and oxygen atoms in total. The van der Waals surface area contributed by atoms with Crippen molar-refractivity contribution in [2.75, 3.05) is 0 Å². The molecular weight excluding hydrogens is 258 g/mol. The van der Waals surface area contributed by atoms with Gasteiger partial charge in [0.2, 0.25) is 4.96 Å². The molecule has 0 aromatic carbocycles. The Hall–Kier alpha value is -1.01. The molecule has 2 atom stereocenters. The summed E-state index contributed by atoms with van der Waals surface area (Å²) in [6, 6.07) is 0.260. The van der Waals surface area contributed by atoms with Crippen molar-refractivity contribution < 1.29 is 0 Å². The summed E-state index contributed by atoms with van der Waals surface area (Å²) in [4.78, 5) is 0.938. The first-order valence-corrected chi connectivity index (χ1v) is 8.12. The lowest BCUT2D eigenvalue weighted by atomic mass is 9.96. The van der Waals surface area contributed by atoms with Crippen molar-refractivity contribution in [3.05, 3.63) is 10.8 Å². The average Bonchev–Trinajstić information content (AvgIpc) is 3.08. The summed E-state index contributed by atoms with van der Waals surface area (Å²) >= 11 is 1.68. The zero-order valence-corrected chi connectivity index (χ0v) is 11.8. The van der Waals surface area contributed by atoms with E-state index in [1.807, 2.05) is 4.52 Å². The molecule has 2 aromatic heterocycles. The maximum atomic E-state index is 6.33. The van der Waals surface area contributed by atoms with Crippen LogP contribution in [0.4, 0.5) is 0 Å². The van der Waals surface area contributed by atoms with E-state index in [4.69, 9.17) is 10.8 Å². The third kappa shape index (κ3) is 2.07. The third-order valence-electron chi connectivity index (χ3n) is 4.36. The van der Waals surface area contributed by atoms with Crippen molar-refractivity contribution in [3.8, 4) is 0 Å². The zero-order valence-electron chi connectivity index (χ0n) is 11.0. The number of fused-ring (bicyclic) bond motifs is 1. The van der Waals surface area contributed by atoms with Crippen LogP contribution in [-0.2, 0) is 0 Å². The SMILES string of the molecule is NC1CCCCCC1c1nn2c(C3CC3)nnc2s1. The summed E-state index contributed by atoms with van der Waals surface area (Å²) in [5, 5.41) is 14.5. The normalized spacial score (nSPS) is 28.7. The smallest absolute Gasteiger partial charge is 0.234 e. The monoisotopic (exact) mass is 277 g/mol. The number of hydrogen-bond acceptors (Lipinski definition) is 5. The molecule has 2 aliphatic rings. The van der Waals surface area contributed by atoms with Gasteiger partial charge in [-0.3, -0.25) is 0 Å². The topological polar surface area (TPSA) is 69.1 Å². The first-order chi connectivity index (χ1) is 9.33. The number of aromatic nitrogens is 4. The van der Waals surface area contributed by atoms with E-state index >= 15 is 0 Å². The van der Waals surface area contributed by atoms with E-state index in [1.54, 1.807) is 11.3 Å². The highest BCUT2D eigenvalue weighted by Crippen LogP contribution is 2.40. The van der Waals surface area contributed by atoms with Gasteiger partial charge in [0.1, 0.15) is 5.01 Å². The van der Waals surface area contributed by atoms with Crippen molar-refractivity contribution in [3.63, 3.8) is 0 Å². The Balaban J connectivity index is 1.69. The largest absolute Gasteiger partial charge is 0.327 e. The van der Waals surface area contributed by atoms with Crippen LogP contribution in [0.25, 0.3) is 4.96 Å². The van der Waals surface area contributed by atoms with E-state index in [1.165, 1.54) is 43.5 Å². The highest BCUT2D eigenvalue weighted by molar-refractivity contribution is 7.16. The van der Waals surface area contributed by atoms with E-state index in [0.29, 0.717) is 11.8 Å². The summed E-state index contributed by atoms with van der Waals surface area (Å²) < 4.78 is 1.97. The molecule has 0 radical (unpaired) electrons. The Morgan fingerprint density at radius 1 is 1.05 bits per heavy atom. The van der Waals surface area contributed by atoms with Crippen molar-refractivity contribution >= 4 is 16.3 Å². The Bertz CT molecular complexity index is 585. The summed E-state index contributed by atoms with van der Waals surface area (Å²) in [6.45, 7) is 0. The van der Waals surface area contributed by atoms with Gasteiger partial charge in [-0.15, -0.1) is 10.2 Å². The van der Waals surface area contributed by atoms with Crippen LogP contribution in [0, 0.1) is 0 Å². The second kappa shape index (κ2) is 4.52. The lowest BCUT2D eigenvalue weighted by Crippen LogP contribution is -2.27. The Labute approximate surface area is 116 Å². The van der Waals surface area contributed by atoms with Gasteiger partial charge in [-0.2, -0.15) is 9.61 Å². The Morgan fingerprint density at radius 2 is 1.89 bits per heavy atom. The fourth-order valence-corrected chi connectivity index (χ4v) is 4.09. The summed E-state index contributed by atoms with van der Waals surface area (Å²) in [6.07, 6.45) is 8.60. The predicted molar refractivity (Wildman–Crippen MR) is 74.4 cm³/mol. The molecule has 102 valence electrons. The number of nitrogens with zero attached hydrogens (tertiary/aromatic N) is 4. The first kappa shape index (κ1) is 11.8. The molecule has 2 N–H and O–H groups in total. The van der Waals surface area contributed by atoms with E-state index in [-0.39, 0.29) is 6.04 Å². The molecule has 0 aliphatic heterocycles. The van der Waals surface area contributed by atoms with Crippen LogP contribution in [0.3, 0.4) is 0 Å². The molecule has 2 fully saturated rings. The highest BCUT2D eigenvalue weighted by Gasteiger charge is 2.31. The molecule has 6 heteroatoms. The van der Waals surface area contributed by atoms with Gasteiger partial charge in [-0.1, -0.05) is 30.6 Å². The number of rotatable bonds is 2. The Kier molecular flexibility index (Phi) is 2.81. The van der Waals surface area contributed by atoms with E-state index in [9.17, 15) is 0 Å². The molecular formula is C13H19N5S. The second-order valence-corrected chi connectivity index (χ2v) is 6.86. The quantitative estimate of drug-likeness (QED) is 0.856. The van der Waals surface area contributed by atoms with Crippen LogP contribution in [-0.4, -0.2) is 25.9 Å². The van der Waals surface area contributed by atoms with Crippen LogP contribution in [0.15, 0.2) is 0 Å². The molecule has 2 saturated carbocycles. The van der Waals surface area contributed by atoms with Gasteiger partial charge in [0.25, 0.3) is 0 Å². The molecule has 0 bridgehead atoms. The minimum absolute atomic E-state index is 0.260. The number of nitrogens with two attached hydrogens (primary N) is 1. The van der Waals surface area contributed by atoms with Gasteiger partial charge >= 0.3 is 0 Å².